The highest BCUT2D eigenvalue weighted by Gasteiger charge is 2.67. The molecule has 4 aromatic rings. The second-order valence-corrected chi connectivity index (χ2v) is 22.3. The first-order valence-electron chi connectivity index (χ1n) is 30.2. The van der Waals surface area contributed by atoms with Crippen LogP contribution in [0, 0.1) is 0 Å². The van der Waals surface area contributed by atoms with Gasteiger partial charge in [-0.05, 0) is 55.4 Å². The topological polar surface area (TPSA) is 93.7 Å². The highest BCUT2D eigenvalue weighted by atomic mass is 16.8. The molecule has 6 rings (SSSR count). The van der Waals surface area contributed by atoms with Crippen molar-refractivity contribution >= 4 is 5.91 Å². The lowest BCUT2D eigenvalue weighted by Crippen LogP contribution is -2.74. The number of amides is 1. The van der Waals surface area contributed by atoms with Gasteiger partial charge < -0.3 is 38.5 Å². The van der Waals surface area contributed by atoms with Crippen molar-refractivity contribution in [3.8, 4) is 0 Å². The van der Waals surface area contributed by atoms with E-state index in [1.165, 1.54) is 96.3 Å². The fourth-order valence-electron chi connectivity index (χ4n) is 11.5. The van der Waals surface area contributed by atoms with Gasteiger partial charge in [0.05, 0.1) is 45.2 Å². The standard InChI is InChI=1S/C67H99NO8/c1-6-9-11-12-13-14-15-16-17-18-19-20-21-22-23-24-38-47-60-67(76-66(4,5)75-60,59(8-3)68-61(69)48-29-10-7-2)65-64(73-52-57-45-36-28-37-46-57)63(72-51-56-43-34-27-35-44-56)62(71-50-55-41-32-26-33-42-55)58(74-65)53-70-49-54-39-30-25-31-40-54/h25-28,30-37,39-46,58-60,62-65H,6-24,29,38,47-53H2,1-5H3,(H,68,69)/t58-,59+,60-,62+,63+,64-,65-,67+/m1/s1. The zero-order chi connectivity index (χ0) is 53.5. The van der Waals surface area contributed by atoms with Crippen LogP contribution in [0.3, 0.4) is 0 Å². The van der Waals surface area contributed by atoms with Crippen LogP contribution in [-0.2, 0) is 64.4 Å². The molecule has 0 spiro atoms. The molecule has 1 amide bonds. The molecule has 0 aliphatic carbocycles. The quantitative estimate of drug-likeness (QED) is 0.0442. The summed E-state index contributed by atoms with van der Waals surface area (Å²) >= 11 is 0. The van der Waals surface area contributed by atoms with Crippen LogP contribution in [-0.4, -0.2) is 66.6 Å². The van der Waals surface area contributed by atoms with E-state index < -0.39 is 54.1 Å². The SMILES string of the molecule is CCCCCCCCCCCCCCCCCCC[C@H]1OC(C)(C)O[C@]1([C@H](CC)NC(=O)CCCCC)[C@@H]1O[C@H](COCc2ccccc2)[C@H](OCc2ccccc2)[C@H](OCc2ccccc2)[C@H]1OCc1ccccc1. The molecular weight excluding hydrogens is 947 g/mol. The van der Waals surface area contributed by atoms with E-state index in [4.69, 9.17) is 33.2 Å². The third-order valence-electron chi connectivity index (χ3n) is 15.5. The smallest absolute Gasteiger partial charge is 0.220 e. The molecule has 8 atom stereocenters. The normalized spacial score (nSPS) is 22.6. The zero-order valence-corrected chi connectivity index (χ0v) is 47.7. The van der Waals surface area contributed by atoms with E-state index in [2.05, 4.69) is 74.6 Å². The summed E-state index contributed by atoms with van der Waals surface area (Å²) in [5.41, 5.74) is 2.95. The number of rotatable bonds is 39. The van der Waals surface area contributed by atoms with Crippen LogP contribution < -0.4 is 5.32 Å². The van der Waals surface area contributed by atoms with Gasteiger partial charge in [-0.1, -0.05) is 264 Å². The molecule has 1 N–H and O–H groups in total. The van der Waals surface area contributed by atoms with Crippen molar-refractivity contribution in [3.05, 3.63) is 144 Å². The van der Waals surface area contributed by atoms with Crippen molar-refractivity contribution in [1.82, 2.24) is 5.32 Å². The Balaban J connectivity index is 1.30. The predicted molar refractivity (Wildman–Crippen MR) is 308 cm³/mol. The Hall–Kier alpha value is -3.93. The third kappa shape index (κ3) is 20.4. The van der Waals surface area contributed by atoms with Gasteiger partial charge in [-0.2, -0.15) is 0 Å². The van der Waals surface area contributed by atoms with Gasteiger partial charge in [0.2, 0.25) is 5.91 Å². The fourth-order valence-corrected chi connectivity index (χ4v) is 11.5. The minimum Gasteiger partial charge on any atom is -0.374 e. The predicted octanol–water partition coefficient (Wildman–Crippen LogP) is 16.1. The number of nitrogens with one attached hydrogen (secondary N) is 1. The lowest BCUT2D eigenvalue weighted by Gasteiger charge is -2.54. The molecule has 0 unspecified atom stereocenters. The maximum atomic E-state index is 14.2. The average Bonchev–Trinajstić information content (AvgIpc) is 3.80. The number of carbonyl (C=O) groups excluding carboxylic acids is 1. The summed E-state index contributed by atoms with van der Waals surface area (Å²) in [6.07, 6.45) is 22.9. The zero-order valence-electron chi connectivity index (χ0n) is 47.7. The monoisotopic (exact) mass is 1050 g/mol. The van der Waals surface area contributed by atoms with E-state index in [1.807, 2.05) is 86.6 Å². The van der Waals surface area contributed by atoms with E-state index >= 15 is 0 Å². The van der Waals surface area contributed by atoms with E-state index in [0.29, 0.717) is 39.3 Å². The Bertz CT molecular complexity index is 2090. The Morgan fingerprint density at radius 1 is 0.513 bits per heavy atom. The molecule has 0 radical (unpaired) electrons. The number of carbonyl (C=O) groups is 1. The molecule has 76 heavy (non-hydrogen) atoms. The van der Waals surface area contributed by atoms with Crippen LogP contribution in [0.5, 0.6) is 0 Å². The first-order valence-corrected chi connectivity index (χ1v) is 30.2. The van der Waals surface area contributed by atoms with Gasteiger partial charge in [-0.25, -0.2) is 0 Å². The molecule has 9 heteroatoms. The number of unbranched alkanes of at least 4 members (excludes halogenated alkanes) is 18. The average molecular weight is 1050 g/mol. The van der Waals surface area contributed by atoms with Gasteiger partial charge in [0.25, 0.3) is 0 Å². The van der Waals surface area contributed by atoms with Crippen molar-refractivity contribution in [2.75, 3.05) is 6.61 Å². The van der Waals surface area contributed by atoms with Gasteiger partial charge in [-0.15, -0.1) is 0 Å². The van der Waals surface area contributed by atoms with Crippen molar-refractivity contribution in [3.63, 3.8) is 0 Å². The summed E-state index contributed by atoms with van der Waals surface area (Å²) in [7, 11) is 0. The summed E-state index contributed by atoms with van der Waals surface area (Å²) in [4.78, 5) is 14.2. The summed E-state index contributed by atoms with van der Waals surface area (Å²) < 4.78 is 50.8. The molecule has 0 bridgehead atoms. The molecule has 4 aromatic carbocycles. The molecular formula is C67H99NO8. The molecule has 2 heterocycles. The molecule has 2 aliphatic rings. The van der Waals surface area contributed by atoms with Crippen molar-refractivity contribution < 1.29 is 38.0 Å². The molecule has 420 valence electrons. The van der Waals surface area contributed by atoms with Crippen molar-refractivity contribution in [2.45, 2.75) is 263 Å². The third-order valence-corrected chi connectivity index (χ3v) is 15.5. The van der Waals surface area contributed by atoms with Crippen LogP contribution in [0.4, 0.5) is 0 Å². The Labute approximate surface area is 460 Å². The second kappa shape index (κ2) is 34.8. The van der Waals surface area contributed by atoms with Crippen molar-refractivity contribution in [1.29, 1.82) is 0 Å². The molecule has 2 aliphatic heterocycles. The van der Waals surface area contributed by atoms with Crippen LogP contribution in [0.25, 0.3) is 0 Å². The van der Waals surface area contributed by atoms with Crippen LogP contribution in [0.1, 0.15) is 205 Å². The first-order chi connectivity index (χ1) is 37.3. The first kappa shape index (κ1) is 61.3. The van der Waals surface area contributed by atoms with Gasteiger partial charge in [0, 0.05) is 6.42 Å². The summed E-state index contributed by atoms with van der Waals surface area (Å²) in [6, 6.07) is 40.5. The molecule has 0 aromatic heterocycles. The highest BCUT2D eigenvalue weighted by Crippen LogP contribution is 2.49. The maximum Gasteiger partial charge on any atom is 0.220 e. The lowest BCUT2D eigenvalue weighted by molar-refractivity contribution is -0.314. The lowest BCUT2D eigenvalue weighted by atomic mass is 9.74. The van der Waals surface area contributed by atoms with E-state index in [0.717, 1.165) is 60.8 Å². The van der Waals surface area contributed by atoms with Gasteiger partial charge in [-0.3, -0.25) is 4.79 Å². The number of hydrogen-bond acceptors (Lipinski definition) is 8. The van der Waals surface area contributed by atoms with Gasteiger partial charge >= 0.3 is 0 Å². The summed E-state index contributed by atoms with van der Waals surface area (Å²) in [6.45, 7) is 12.2. The fraction of sp³-hybridized carbons (Fsp3) is 0.627. The van der Waals surface area contributed by atoms with E-state index in [-0.39, 0.29) is 12.5 Å². The minimum absolute atomic E-state index is 0.00536. The molecule has 0 saturated carbocycles. The van der Waals surface area contributed by atoms with Gasteiger partial charge in [0.15, 0.2) is 5.79 Å². The maximum absolute atomic E-state index is 14.2. The molecule has 9 nitrogen and oxygen atoms in total. The van der Waals surface area contributed by atoms with Crippen LogP contribution in [0.2, 0.25) is 0 Å². The number of benzene rings is 4. The summed E-state index contributed by atoms with van der Waals surface area (Å²) in [5.74, 6) is -1.00. The second-order valence-electron chi connectivity index (χ2n) is 22.3. The van der Waals surface area contributed by atoms with Crippen LogP contribution >= 0.6 is 0 Å². The van der Waals surface area contributed by atoms with Gasteiger partial charge in [0.1, 0.15) is 36.1 Å². The number of hydrogen-bond donors (Lipinski definition) is 1. The number of ether oxygens (including phenoxy) is 7. The summed E-state index contributed by atoms with van der Waals surface area (Å²) in [5, 5.41) is 3.55. The largest absolute Gasteiger partial charge is 0.374 e. The highest BCUT2D eigenvalue weighted by molar-refractivity contribution is 5.76. The van der Waals surface area contributed by atoms with E-state index in [1.54, 1.807) is 0 Å². The van der Waals surface area contributed by atoms with Crippen molar-refractivity contribution in [2.24, 2.45) is 0 Å². The van der Waals surface area contributed by atoms with E-state index in [9.17, 15) is 4.79 Å². The Kier molecular flexibility index (Phi) is 28.1. The van der Waals surface area contributed by atoms with Crippen LogP contribution in [0.15, 0.2) is 121 Å². The molecule has 2 fully saturated rings. The molecule has 2 saturated heterocycles. The Morgan fingerprint density at radius 2 is 0.921 bits per heavy atom. The Morgan fingerprint density at radius 3 is 1.38 bits per heavy atom. The minimum atomic E-state index is -1.20.